The van der Waals surface area contributed by atoms with Gasteiger partial charge >= 0.3 is 6.03 Å². The predicted molar refractivity (Wildman–Crippen MR) is 53.3 cm³/mol. The van der Waals surface area contributed by atoms with E-state index in [1.807, 2.05) is 0 Å². The monoisotopic (exact) mass is 196 g/mol. The maximum Gasteiger partial charge on any atom is 0.341 e. The molecule has 1 rings (SSSR count). The summed E-state index contributed by atoms with van der Waals surface area (Å²) in [5.74, 6) is 2.85. The molecule has 14 heavy (non-hydrogen) atoms. The fraction of sp³-hybridized carbons (Fsp3) is 0.700. The van der Waals surface area contributed by atoms with Crippen LogP contribution in [0.25, 0.3) is 0 Å². The average Bonchev–Trinajstić information content (AvgIpc) is 2.18. The van der Waals surface area contributed by atoms with Gasteiger partial charge in [-0.05, 0) is 18.8 Å². The van der Waals surface area contributed by atoms with Gasteiger partial charge in [0.1, 0.15) is 6.61 Å². The third-order valence-electron chi connectivity index (χ3n) is 2.26. The number of piperidine rings is 1. The molecule has 1 fully saturated rings. The first-order valence-corrected chi connectivity index (χ1v) is 4.84. The van der Waals surface area contributed by atoms with Gasteiger partial charge in [-0.15, -0.1) is 6.42 Å². The lowest BCUT2D eigenvalue weighted by Gasteiger charge is -2.30. The largest absolute Gasteiger partial charge is 0.341 e. The zero-order valence-corrected chi connectivity index (χ0v) is 8.45. The van der Waals surface area contributed by atoms with Crippen molar-refractivity contribution in [3.63, 3.8) is 0 Å². The molecule has 0 radical (unpaired) electrons. The van der Waals surface area contributed by atoms with Crippen LogP contribution in [0.1, 0.15) is 19.8 Å². The Kier molecular flexibility index (Phi) is 4.27. The molecule has 0 spiro atoms. The number of hydroxylamine groups is 1. The van der Waals surface area contributed by atoms with Crippen molar-refractivity contribution in [1.29, 1.82) is 0 Å². The van der Waals surface area contributed by atoms with E-state index in [-0.39, 0.29) is 12.6 Å². The molecule has 0 bridgehead atoms. The highest BCUT2D eigenvalue weighted by Crippen LogP contribution is 2.14. The van der Waals surface area contributed by atoms with E-state index in [4.69, 9.17) is 11.3 Å². The second-order valence-corrected chi connectivity index (χ2v) is 3.59. The number of carbonyl (C=O) groups is 1. The van der Waals surface area contributed by atoms with Gasteiger partial charge in [-0.2, -0.15) is 0 Å². The first kappa shape index (κ1) is 10.9. The van der Waals surface area contributed by atoms with Gasteiger partial charge in [-0.3, -0.25) is 4.84 Å². The molecule has 0 aromatic carbocycles. The van der Waals surface area contributed by atoms with Crippen LogP contribution in [0.3, 0.4) is 0 Å². The van der Waals surface area contributed by atoms with Gasteiger partial charge < -0.3 is 4.90 Å². The first-order chi connectivity index (χ1) is 6.74. The SMILES string of the molecule is C#CCONC(=O)N1CCCC(C)C1. The predicted octanol–water partition coefficient (Wildman–Crippen LogP) is 0.993. The minimum Gasteiger partial charge on any atom is -0.323 e. The van der Waals surface area contributed by atoms with Crippen LogP contribution >= 0.6 is 0 Å². The van der Waals surface area contributed by atoms with Gasteiger partial charge in [0.25, 0.3) is 0 Å². The second kappa shape index (κ2) is 5.51. The fourth-order valence-corrected chi connectivity index (χ4v) is 1.58. The molecular formula is C10H16N2O2. The Balaban J connectivity index is 2.26. The van der Waals surface area contributed by atoms with Gasteiger partial charge in [-0.1, -0.05) is 12.8 Å². The van der Waals surface area contributed by atoms with E-state index >= 15 is 0 Å². The van der Waals surface area contributed by atoms with Gasteiger partial charge in [-0.25, -0.2) is 10.3 Å². The zero-order valence-electron chi connectivity index (χ0n) is 8.45. The van der Waals surface area contributed by atoms with Gasteiger partial charge in [0.05, 0.1) is 0 Å². The van der Waals surface area contributed by atoms with Crippen LogP contribution < -0.4 is 5.48 Å². The van der Waals surface area contributed by atoms with Crippen molar-refractivity contribution >= 4 is 6.03 Å². The quantitative estimate of drug-likeness (QED) is 0.406. The lowest BCUT2D eigenvalue weighted by molar-refractivity contribution is 0.0615. The Bertz CT molecular complexity index is 235. The van der Waals surface area contributed by atoms with E-state index in [9.17, 15) is 4.79 Å². The third-order valence-corrected chi connectivity index (χ3v) is 2.26. The topological polar surface area (TPSA) is 41.6 Å². The summed E-state index contributed by atoms with van der Waals surface area (Å²) in [4.78, 5) is 18.0. The first-order valence-electron chi connectivity index (χ1n) is 4.84. The maximum absolute atomic E-state index is 11.4. The number of carbonyl (C=O) groups excluding carboxylic acids is 1. The smallest absolute Gasteiger partial charge is 0.323 e. The van der Waals surface area contributed by atoms with Crippen LogP contribution in [0.2, 0.25) is 0 Å². The molecule has 78 valence electrons. The molecule has 1 aliphatic rings. The number of urea groups is 1. The summed E-state index contributed by atoms with van der Waals surface area (Å²) in [6.07, 6.45) is 7.22. The highest BCUT2D eigenvalue weighted by atomic mass is 16.7. The van der Waals surface area contributed by atoms with E-state index in [1.165, 1.54) is 6.42 Å². The lowest BCUT2D eigenvalue weighted by Crippen LogP contribution is -2.45. The third kappa shape index (κ3) is 3.27. The number of nitrogens with one attached hydrogen (secondary N) is 1. The van der Waals surface area contributed by atoms with Crippen LogP contribution in [-0.4, -0.2) is 30.6 Å². The molecule has 1 saturated heterocycles. The number of hydrogen-bond donors (Lipinski definition) is 1. The summed E-state index contributed by atoms with van der Waals surface area (Å²) in [7, 11) is 0. The second-order valence-electron chi connectivity index (χ2n) is 3.59. The van der Waals surface area contributed by atoms with Crippen molar-refractivity contribution in [2.45, 2.75) is 19.8 Å². The Labute approximate surface area is 84.6 Å². The highest BCUT2D eigenvalue weighted by Gasteiger charge is 2.20. The molecule has 0 aromatic rings. The van der Waals surface area contributed by atoms with E-state index in [0.29, 0.717) is 5.92 Å². The van der Waals surface area contributed by atoms with Crippen LogP contribution in [0.15, 0.2) is 0 Å². The number of likely N-dealkylation sites (tertiary alicyclic amines) is 1. The highest BCUT2D eigenvalue weighted by molar-refractivity contribution is 5.73. The summed E-state index contributed by atoms with van der Waals surface area (Å²) in [6, 6.07) is -0.188. The molecule has 0 saturated carbocycles. The Morgan fingerprint density at radius 3 is 3.21 bits per heavy atom. The number of nitrogens with zero attached hydrogens (tertiary/aromatic N) is 1. The Morgan fingerprint density at radius 1 is 1.79 bits per heavy atom. The molecular weight excluding hydrogens is 180 g/mol. The summed E-state index contributed by atoms with van der Waals surface area (Å²) in [5.41, 5.74) is 2.32. The molecule has 1 aliphatic heterocycles. The van der Waals surface area contributed by atoms with E-state index < -0.39 is 0 Å². The number of terminal acetylenes is 1. The van der Waals surface area contributed by atoms with Crippen LogP contribution in [0.4, 0.5) is 4.79 Å². The van der Waals surface area contributed by atoms with Crippen molar-refractivity contribution in [1.82, 2.24) is 10.4 Å². The van der Waals surface area contributed by atoms with E-state index in [1.54, 1.807) is 4.90 Å². The van der Waals surface area contributed by atoms with Crippen LogP contribution in [0, 0.1) is 18.3 Å². The molecule has 1 heterocycles. The minimum absolute atomic E-state index is 0.106. The Morgan fingerprint density at radius 2 is 2.57 bits per heavy atom. The molecule has 0 aliphatic carbocycles. The maximum atomic E-state index is 11.4. The van der Waals surface area contributed by atoms with Gasteiger partial charge in [0, 0.05) is 13.1 Å². The molecule has 1 unspecified atom stereocenters. The van der Waals surface area contributed by atoms with Gasteiger partial charge in [0.15, 0.2) is 0 Å². The summed E-state index contributed by atoms with van der Waals surface area (Å²) < 4.78 is 0. The van der Waals surface area contributed by atoms with Crippen molar-refractivity contribution in [2.75, 3.05) is 19.7 Å². The summed E-state index contributed by atoms with van der Waals surface area (Å²) in [5, 5.41) is 0. The minimum atomic E-state index is -0.188. The average molecular weight is 196 g/mol. The fourth-order valence-electron chi connectivity index (χ4n) is 1.58. The Hall–Kier alpha value is -1.21. The van der Waals surface area contributed by atoms with Crippen molar-refractivity contribution in [3.05, 3.63) is 0 Å². The normalized spacial score (nSPS) is 21.4. The van der Waals surface area contributed by atoms with Crippen molar-refractivity contribution < 1.29 is 9.63 Å². The van der Waals surface area contributed by atoms with Gasteiger partial charge in [0.2, 0.25) is 0 Å². The standard InChI is InChI=1S/C10H16N2O2/c1-3-7-14-11-10(13)12-6-4-5-9(2)8-12/h1,9H,4-8H2,2H3,(H,11,13). The molecule has 1 atom stereocenters. The molecule has 1 N–H and O–H groups in total. The van der Waals surface area contributed by atoms with Crippen LogP contribution in [0.5, 0.6) is 0 Å². The summed E-state index contributed by atoms with van der Waals surface area (Å²) in [6.45, 7) is 3.84. The molecule has 2 amide bonds. The summed E-state index contributed by atoms with van der Waals surface area (Å²) >= 11 is 0. The van der Waals surface area contributed by atoms with Crippen molar-refractivity contribution in [2.24, 2.45) is 5.92 Å². The van der Waals surface area contributed by atoms with E-state index in [0.717, 1.165) is 19.5 Å². The molecule has 4 nitrogen and oxygen atoms in total. The van der Waals surface area contributed by atoms with Crippen LogP contribution in [-0.2, 0) is 4.84 Å². The number of rotatable bonds is 2. The number of hydrogen-bond acceptors (Lipinski definition) is 2. The van der Waals surface area contributed by atoms with Crippen molar-refractivity contribution in [3.8, 4) is 12.3 Å². The number of amides is 2. The molecule has 4 heteroatoms. The van der Waals surface area contributed by atoms with E-state index in [2.05, 4.69) is 18.3 Å². The lowest BCUT2D eigenvalue weighted by atomic mass is 10.0. The molecule has 0 aromatic heterocycles. The zero-order chi connectivity index (χ0) is 10.4.